The van der Waals surface area contributed by atoms with Gasteiger partial charge < -0.3 is 20.1 Å². The number of amides is 2. The van der Waals surface area contributed by atoms with Crippen LogP contribution in [0.3, 0.4) is 0 Å². The summed E-state index contributed by atoms with van der Waals surface area (Å²) in [6.45, 7) is 0.520. The topological polar surface area (TPSA) is 93.7 Å². The van der Waals surface area contributed by atoms with Crippen LogP contribution in [0.1, 0.15) is 52.9 Å². The molecule has 3 rings (SSSR count). The van der Waals surface area contributed by atoms with E-state index < -0.39 is 5.91 Å². The Hall–Kier alpha value is -1.93. The van der Waals surface area contributed by atoms with Crippen molar-refractivity contribution in [1.82, 2.24) is 5.32 Å². The van der Waals surface area contributed by atoms with Crippen molar-refractivity contribution in [2.75, 3.05) is 32.2 Å². The smallest absolute Gasteiger partial charge is 0.309 e. The van der Waals surface area contributed by atoms with Gasteiger partial charge in [-0.1, -0.05) is 6.42 Å². The zero-order valence-electron chi connectivity index (χ0n) is 15.6. The first kappa shape index (κ1) is 19.8. The molecule has 2 aliphatic rings. The first-order chi connectivity index (χ1) is 13.1. The maximum Gasteiger partial charge on any atom is 0.309 e. The van der Waals surface area contributed by atoms with Crippen LogP contribution >= 0.6 is 11.3 Å². The lowest BCUT2D eigenvalue weighted by Gasteiger charge is -2.22. The number of rotatable bonds is 8. The van der Waals surface area contributed by atoms with Crippen LogP contribution in [0.5, 0.6) is 0 Å². The number of ether oxygens (including phenoxy) is 2. The molecule has 0 radical (unpaired) electrons. The van der Waals surface area contributed by atoms with Gasteiger partial charge in [-0.25, -0.2) is 0 Å². The highest BCUT2D eigenvalue weighted by Crippen LogP contribution is 2.38. The van der Waals surface area contributed by atoms with Crippen molar-refractivity contribution in [3.63, 3.8) is 0 Å². The SMILES string of the molecule is COCCNC(=O)c1c(NC(=O)COC(=O)C2CCC2)sc2c1CCCC2. The molecule has 1 fully saturated rings. The van der Waals surface area contributed by atoms with Crippen LogP contribution in [0.4, 0.5) is 5.00 Å². The van der Waals surface area contributed by atoms with Crippen LogP contribution in [-0.4, -0.2) is 44.7 Å². The molecule has 1 aromatic rings. The van der Waals surface area contributed by atoms with Gasteiger partial charge in [0, 0.05) is 18.5 Å². The summed E-state index contributed by atoms with van der Waals surface area (Å²) < 4.78 is 10.1. The molecule has 0 spiro atoms. The van der Waals surface area contributed by atoms with E-state index in [1.807, 2.05) is 0 Å². The van der Waals surface area contributed by atoms with Gasteiger partial charge in [-0.15, -0.1) is 11.3 Å². The second kappa shape index (κ2) is 9.32. The number of fused-ring (bicyclic) bond motifs is 1. The number of anilines is 1. The van der Waals surface area contributed by atoms with Crippen molar-refractivity contribution in [3.05, 3.63) is 16.0 Å². The summed E-state index contributed by atoms with van der Waals surface area (Å²) in [7, 11) is 1.58. The summed E-state index contributed by atoms with van der Waals surface area (Å²) in [4.78, 5) is 37.9. The number of aryl methyl sites for hydroxylation is 1. The maximum atomic E-state index is 12.7. The maximum absolute atomic E-state index is 12.7. The summed E-state index contributed by atoms with van der Waals surface area (Å²) >= 11 is 1.45. The largest absolute Gasteiger partial charge is 0.455 e. The fourth-order valence-corrected chi connectivity index (χ4v) is 4.61. The van der Waals surface area contributed by atoms with Gasteiger partial charge in [0.1, 0.15) is 5.00 Å². The number of hydrogen-bond acceptors (Lipinski definition) is 6. The molecule has 7 nitrogen and oxygen atoms in total. The van der Waals surface area contributed by atoms with Gasteiger partial charge in [-0.2, -0.15) is 0 Å². The van der Waals surface area contributed by atoms with Gasteiger partial charge in [0.05, 0.1) is 18.1 Å². The molecule has 1 saturated carbocycles. The highest BCUT2D eigenvalue weighted by atomic mass is 32.1. The summed E-state index contributed by atoms with van der Waals surface area (Å²) in [6, 6.07) is 0. The molecule has 0 saturated heterocycles. The minimum absolute atomic E-state index is 0.0611. The molecule has 1 aromatic heterocycles. The quantitative estimate of drug-likeness (QED) is 0.521. The highest BCUT2D eigenvalue weighted by Gasteiger charge is 2.28. The van der Waals surface area contributed by atoms with E-state index in [1.54, 1.807) is 7.11 Å². The Kier molecular flexibility index (Phi) is 6.84. The average molecular weight is 394 g/mol. The molecule has 1 heterocycles. The Morgan fingerprint density at radius 1 is 1.15 bits per heavy atom. The fourth-order valence-electron chi connectivity index (χ4n) is 3.31. The summed E-state index contributed by atoms with van der Waals surface area (Å²) in [6.07, 6.45) is 6.59. The highest BCUT2D eigenvalue weighted by molar-refractivity contribution is 7.17. The predicted octanol–water partition coefficient (Wildman–Crippen LogP) is 2.28. The van der Waals surface area contributed by atoms with Crippen molar-refractivity contribution in [1.29, 1.82) is 0 Å². The number of carbonyl (C=O) groups is 3. The fraction of sp³-hybridized carbons (Fsp3) is 0.632. The van der Waals surface area contributed by atoms with Crippen LogP contribution < -0.4 is 10.6 Å². The Bertz CT molecular complexity index is 711. The Balaban J connectivity index is 1.65. The lowest BCUT2D eigenvalue weighted by Crippen LogP contribution is -2.30. The standard InChI is InChI=1S/C19H26N2O5S/c1-25-10-9-20-17(23)16-13-7-2-3-8-14(13)27-18(16)21-15(22)11-26-19(24)12-5-4-6-12/h12H,2-11H2,1H3,(H,20,23)(H,21,22). The monoisotopic (exact) mass is 394 g/mol. The molecule has 0 atom stereocenters. The molecule has 0 bridgehead atoms. The molecule has 0 aromatic carbocycles. The van der Waals surface area contributed by atoms with Gasteiger partial charge in [-0.3, -0.25) is 14.4 Å². The minimum Gasteiger partial charge on any atom is -0.455 e. The van der Waals surface area contributed by atoms with E-state index in [-0.39, 0.29) is 24.4 Å². The van der Waals surface area contributed by atoms with Crippen LogP contribution in [0.2, 0.25) is 0 Å². The van der Waals surface area contributed by atoms with Gasteiger partial charge in [0.15, 0.2) is 6.61 Å². The minimum atomic E-state index is -0.410. The molecule has 2 aliphatic carbocycles. The van der Waals surface area contributed by atoms with Crippen molar-refractivity contribution in [2.45, 2.75) is 44.9 Å². The molecule has 8 heteroatoms. The number of esters is 1. The van der Waals surface area contributed by atoms with E-state index in [2.05, 4.69) is 10.6 Å². The molecular weight excluding hydrogens is 368 g/mol. The molecule has 2 N–H and O–H groups in total. The van der Waals surface area contributed by atoms with Crippen molar-refractivity contribution in [2.24, 2.45) is 5.92 Å². The average Bonchev–Trinajstić information content (AvgIpc) is 2.96. The third-order valence-corrected chi connectivity index (χ3v) is 6.23. The molecule has 148 valence electrons. The molecule has 27 heavy (non-hydrogen) atoms. The summed E-state index contributed by atoms with van der Waals surface area (Å²) in [5.74, 6) is -0.978. The molecule has 2 amide bonds. The van der Waals surface area contributed by atoms with Crippen molar-refractivity contribution >= 4 is 34.1 Å². The lowest BCUT2D eigenvalue weighted by molar-refractivity contribution is -0.154. The van der Waals surface area contributed by atoms with Crippen molar-refractivity contribution < 1.29 is 23.9 Å². The first-order valence-corrected chi connectivity index (χ1v) is 10.3. The number of thiophene rings is 1. The normalized spacial score (nSPS) is 16.2. The lowest BCUT2D eigenvalue weighted by atomic mass is 9.86. The number of nitrogens with one attached hydrogen (secondary N) is 2. The molecule has 0 aliphatic heterocycles. The third kappa shape index (κ3) is 4.87. The zero-order chi connectivity index (χ0) is 19.2. The van der Waals surface area contributed by atoms with Crippen LogP contribution in [0, 0.1) is 5.92 Å². The van der Waals surface area contributed by atoms with E-state index >= 15 is 0 Å². The number of methoxy groups -OCH3 is 1. The Morgan fingerprint density at radius 2 is 1.93 bits per heavy atom. The van der Waals surface area contributed by atoms with Gasteiger partial charge in [0.25, 0.3) is 11.8 Å². The summed E-state index contributed by atoms with van der Waals surface area (Å²) in [5.41, 5.74) is 1.58. The first-order valence-electron chi connectivity index (χ1n) is 9.48. The van der Waals surface area contributed by atoms with Crippen LogP contribution in [-0.2, 0) is 31.9 Å². The predicted molar refractivity (Wildman–Crippen MR) is 102 cm³/mol. The second-order valence-corrected chi connectivity index (χ2v) is 8.05. The van der Waals surface area contributed by atoms with E-state index in [4.69, 9.17) is 9.47 Å². The molecule has 0 unspecified atom stereocenters. The summed E-state index contributed by atoms with van der Waals surface area (Å²) in [5, 5.41) is 6.16. The van der Waals surface area contributed by atoms with Crippen LogP contribution in [0.25, 0.3) is 0 Å². The van der Waals surface area contributed by atoms with Crippen molar-refractivity contribution in [3.8, 4) is 0 Å². The van der Waals surface area contributed by atoms with Crippen LogP contribution in [0.15, 0.2) is 0 Å². The number of carbonyl (C=O) groups excluding carboxylic acids is 3. The van der Waals surface area contributed by atoms with Gasteiger partial charge >= 0.3 is 5.97 Å². The zero-order valence-corrected chi connectivity index (χ0v) is 16.4. The van der Waals surface area contributed by atoms with E-state index in [0.717, 1.165) is 55.4 Å². The third-order valence-electron chi connectivity index (χ3n) is 5.03. The van der Waals surface area contributed by atoms with Gasteiger partial charge in [0.2, 0.25) is 0 Å². The molecular formula is C19H26N2O5S. The van der Waals surface area contributed by atoms with E-state index in [0.29, 0.717) is 23.7 Å². The van der Waals surface area contributed by atoms with E-state index in [9.17, 15) is 14.4 Å². The van der Waals surface area contributed by atoms with Gasteiger partial charge in [-0.05, 0) is 44.1 Å². The Morgan fingerprint density at radius 3 is 2.63 bits per heavy atom. The second-order valence-electron chi connectivity index (χ2n) is 6.95. The number of hydrogen-bond donors (Lipinski definition) is 2. The Labute approximate surface area is 162 Å². The van der Waals surface area contributed by atoms with E-state index in [1.165, 1.54) is 11.3 Å².